The van der Waals surface area contributed by atoms with Crippen LogP contribution in [0.2, 0.25) is 0 Å². The van der Waals surface area contributed by atoms with Crippen LogP contribution in [0, 0.1) is 13.8 Å². The third-order valence-corrected chi connectivity index (χ3v) is 5.27. The molecule has 7 nitrogen and oxygen atoms in total. The van der Waals surface area contributed by atoms with Crippen molar-refractivity contribution in [3.05, 3.63) is 34.6 Å². The van der Waals surface area contributed by atoms with Gasteiger partial charge in [-0.05, 0) is 26.8 Å². The number of esters is 1. The van der Waals surface area contributed by atoms with Crippen LogP contribution in [0.5, 0.6) is 0 Å². The Kier molecular flexibility index (Phi) is 5.54. The summed E-state index contributed by atoms with van der Waals surface area (Å²) < 4.78 is 16.9. The summed E-state index contributed by atoms with van der Waals surface area (Å²) in [5.41, 5.74) is 1.52. The van der Waals surface area contributed by atoms with Gasteiger partial charge in [0.1, 0.15) is 11.5 Å². The minimum atomic E-state index is -0.267. The van der Waals surface area contributed by atoms with E-state index in [1.807, 2.05) is 25.3 Å². The SMILES string of the molecule is CCOC(=O)Cc1csc(SCc2nnc(-c3cc(C)oc3C)o2)n1. The number of ether oxygens (including phenoxy) is 1. The van der Waals surface area contributed by atoms with Crippen LogP contribution in [-0.2, 0) is 21.7 Å². The predicted molar refractivity (Wildman–Crippen MR) is 93.5 cm³/mol. The van der Waals surface area contributed by atoms with Crippen molar-refractivity contribution in [1.82, 2.24) is 15.2 Å². The van der Waals surface area contributed by atoms with Gasteiger partial charge in [-0.2, -0.15) is 0 Å². The molecule has 0 aliphatic rings. The molecular weight excluding hydrogens is 362 g/mol. The molecule has 9 heteroatoms. The van der Waals surface area contributed by atoms with E-state index in [0.717, 1.165) is 21.4 Å². The number of thiazole rings is 1. The Bertz CT molecular complexity index is 868. The lowest BCUT2D eigenvalue weighted by atomic mass is 10.2. The van der Waals surface area contributed by atoms with Crippen LogP contribution in [0.25, 0.3) is 11.5 Å². The average Bonchev–Trinajstić information content (AvgIpc) is 3.26. The van der Waals surface area contributed by atoms with Crippen LogP contribution in [0.15, 0.2) is 24.6 Å². The maximum atomic E-state index is 11.5. The molecule has 0 saturated heterocycles. The van der Waals surface area contributed by atoms with Crippen LogP contribution in [-0.4, -0.2) is 27.8 Å². The first-order valence-electron chi connectivity index (χ1n) is 7.67. The fourth-order valence-corrected chi connectivity index (χ4v) is 3.86. The van der Waals surface area contributed by atoms with E-state index in [9.17, 15) is 4.79 Å². The molecule has 25 heavy (non-hydrogen) atoms. The highest BCUT2D eigenvalue weighted by atomic mass is 32.2. The quantitative estimate of drug-likeness (QED) is 0.452. The van der Waals surface area contributed by atoms with Crippen LogP contribution in [0.4, 0.5) is 0 Å². The topological polar surface area (TPSA) is 91.2 Å². The number of hydrogen-bond acceptors (Lipinski definition) is 9. The molecule has 0 N–H and O–H groups in total. The molecular formula is C16H17N3O4S2. The summed E-state index contributed by atoms with van der Waals surface area (Å²) in [7, 11) is 0. The van der Waals surface area contributed by atoms with Gasteiger partial charge in [0, 0.05) is 5.38 Å². The van der Waals surface area contributed by atoms with Gasteiger partial charge >= 0.3 is 5.97 Å². The van der Waals surface area contributed by atoms with E-state index in [-0.39, 0.29) is 12.4 Å². The zero-order chi connectivity index (χ0) is 17.8. The lowest BCUT2D eigenvalue weighted by Gasteiger charge is -1.97. The number of thioether (sulfide) groups is 1. The Hall–Kier alpha value is -2.13. The second-order valence-electron chi connectivity index (χ2n) is 5.20. The van der Waals surface area contributed by atoms with Crippen LogP contribution >= 0.6 is 23.1 Å². The first-order chi connectivity index (χ1) is 12.0. The first kappa shape index (κ1) is 17.7. The minimum Gasteiger partial charge on any atom is -0.466 e. The molecule has 0 unspecified atom stereocenters. The molecule has 3 aromatic heterocycles. The fourth-order valence-electron chi connectivity index (χ4n) is 2.18. The molecule has 132 valence electrons. The third-order valence-electron chi connectivity index (χ3n) is 3.22. The molecule has 0 aliphatic heterocycles. The summed E-state index contributed by atoms with van der Waals surface area (Å²) in [5.74, 6) is 2.77. The van der Waals surface area contributed by atoms with Gasteiger partial charge in [0.15, 0.2) is 4.34 Å². The molecule has 3 aromatic rings. The molecule has 0 fully saturated rings. The van der Waals surface area contributed by atoms with Crippen molar-refractivity contribution in [3.8, 4) is 11.5 Å². The van der Waals surface area contributed by atoms with E-state index >= 15 is 0 Å². The highest BCUT2D eigenvalue weighted by Gasteiger charge is 2.15. The van der Waals surface area contributed by atoms with Crippen molar-refractivity contribution in [2.75, 3.05) is 6.61 Å². The second-order valence-corrected chi connectivity index (χ2v) is 7.28. The number of furan rings is 1. The lowest BCUT2D eigenvalue weighted by molar-refractivity contribution is -0.142. The Labute approximate surface area is 152 Å². The number of rotatable bonds is 7. The normalized spacial score (nSPS) is 11.0. The highest BCUT2D eigenvalue weighted by molar-refractivity contribution is 8.00. The average molecular weight is 379 g/mol. The van der Waals surface area contributed by atoms with Crippen molar-refractivity contribution >= 4 is 29.1 Å². The summed E-state index contributed by atoms with van der Waals surface area (Å²) in [5, 5.41) is 9.99. The van der Waals surface area contributed by atoms with Gasteiger partial charge < -0.3 is 13.6 Å². The van der Waals surface area contributed by atoms with Crippen LogP contribution in [0.1, 0.15) is 30.0 Å². The summed E-state index contributed by atoms with van der Waals surface area (Å²) >= 11 is 2.97. The second kappa shape index (κ2) is 7.83. The monoisotopic (exact) mass is 379 g/mol. The summed E-state index contributed by atoms with van der Waals surface area (Å²) in [6.45, 7) is 5.90. The smallest absolute Gasteiger partial charge is 0.311 e. The summed E-state index contributed by atoms with van der Waals surface area (Å²) in [6, 6.07) is 1.88. The standard InChI is InChI=1S/C16H17N3O4S2/c1-4-21-14(20)6-11-7-24-16(17-11)25-8-13-18-19-15(23-13)12-5-9(2)22-10(12)3/h5,7H,4,6,8H2,1-3H3. The van der Waals surface area contributed by atoms with E-state index in [4.69, 9.17) is 13.6 Å². The highest BCUT2D eigenvalue weighted by Crippen LogP contribution is 2.29. The van der Waals surface area contributed by atoms with E-state index in [0.29, 0.717) is 29.8 Å². The maximum Gasteiger partial charge on any atom is 0.311 e. The van der Waals surface area contributed by atoms with Crippen molar-refractivity contribution in [1.29, 1.82) is 0 Å². The van der Waals surface area contributed by atoms with Gasteiger partial charge in [0.2, 0.25) is 5.89 Å². The molecule has 3 rings (SSSR count). The van der Waals surface area contributed by atoms with Gasteiger partial charge in [-0.3, -0.25) is 4.79 Å². The minimum absolute atomic E-state index is 0.189. The van der Waals surface area contributed by atoms with E-state index < -0.39 is 0 Å². The van der Waals surface area contributed by atoms with Crippen molar-refractivity contribution < 1.29 is 18.4 Å². The van der Waals surface area contributed by atoms with Crippen LogP contribution in [0.3, 0.4) is 0 Å². The number of nitrogens with zero attached hydrogens (tertiary/aromatic N) is 3. The molecule has 0 radical (unpaired) electrons. The number of hydrogen-bond donors (Lipinski definition) is 0. The Morgan fingerprint density at radius 1 is 1.32 bits per heavy atom. The molecule has 0 amide bonds. The Morgan fingerprint density at radius 3 is 2.88 bits per heavy atom. The van der Waals surface area contributed by atoms with E-state index in [2.05, 4.69) is 15.2 Å². The molecule has 0 aliphatic carbocycles. The van der Waals surface area contributed by atoms with E-state index in [1.165, 1.54) is 23.1 Å². The van der Waals surface area contributed by atoms with Gasteiger partial charge in [0.25, 0.3) is 5.89 Å². The van der Waals surface area contributed by atoms with Crippen molar-refractivity contribution in [2.24, 2.45) is 0 Å². The molecule has 0 saturated carbocycles. The maximum absolute atomic E-state index is 11.5. The van der Waals surface area contributed by atoms with Crippen LogP contribution < -0.4 is 0 Å². The number of carbonyl (C=O) groups excluding carboxylic acids is 1. The third kappa shape index (κ3) is 4.49. The Morgan fingerprint density at radius 2 is 2.16 bits per heavy atom. The molecule has 0 spiro atoms. The summed E-state index contributed by atoms with van der Waals surface area (Å²) in [4.78, 5) is 15.9. The largest absolute Gasteiger partial charge is 0.466 e. The number of aromatic nitrogens is 3. The lowest BCUT2D eigenvalue weighted by Crippen LogP contribution is -2.07. The van der Waals surface area contributed by atoms with Gasteiger partial charge in [-0.1, -0.05) is 11.8 Å². The number of aryl methyl sites for hydroxylation is 2. The van der Waals surface area contributed by atoms with Crippen molar-refractivity contribution in [2.45, 2.75) is 37.3 Å². The van der Waals surface area contributed by atoms with E-state index in [1.54, 1.807) is 6.92 Å². The van der Waals surface area contributed by atoms with Gasteiger partial charge in [-0.25, -0.2) is 4.98 Å². The summed E-state index contributed by atoms with van der Waals surface area (Å²) in [6.07, 6.45) is 0.189. The molecule has 0 aromatic carbocycles. The number of carbonyl (C=O) groups is 1. The zero-order valence-electron chi connectivity index (χ0n) is 14.1. The predicted octanol–water partition coefficient (Wildman–Crippen LogP) is 3.80. The first-order valence-corrected chi connectivity index (χ1v) is 9.54. The molecule has 0 atom stereocenters. The van der Waals surface area contributed by atoms with Gasteiger partial charge in [0.05, 0.1) is 30.0 Å². The zero-order valence-corrected chi connectivity index (χ0v) is 15.7. The fraction of sp³-hybridized carbons (Fsp3) is 0.375. The van der Waals surface area contributed by atoms with Crippen molar-refractivity contribution in [3.63, 3.8) is 0 Å². The molecule has 3 heterocycles. The Balaban J connectivity index is 1.58. The van der Waals surface area contributed by atoms with Gasteiger partial charge in [-0.15, -0.1) is 21.5 Å². The molecule has 0 bridgehead atoms.